The number of aliphatic hydroxyl groups is 1. The molecule has 0 unspecified atom stereocenters. The van der Waals surface area contributed by atoms with Gasteiger partial charge in [-0.3, -0.25) is 0 Å². The van der Waals surface area contributed by atoms with Crippen molar-refractivity contribution in [2.24, 2.45) is 11.8 Å². The fourth-order valence-corrected chi connectivity index (χ4v) is 1.16. The van der Waals surface area contributed by atoms with E-state index >= 15 is 0 Å². The molecule has 1 atom stereocenters. The molecule has 0 rings (SSSR count). The van der Waals surface area contributed by atoms with Crippen LogP contribution in [0.2, 0.25) is 0 Å². The molecular weight excluding hydrogens is 148 g/mol. The summed E-state index contributed by atoms with van der Waals surface area (Å²) in [4.78, 5) is 0. The Morgan fingerprint density at radius 1 is 1.17 bits per heavy atom. The maximum Gasteiger partial charge on any atom is 0.0642 e. The molecule has 1 heteroatoms. The van der Waals surface area contributed by atoms with Gasteiger partial charge in [0.25, 0.3) is 0 Å². The first kappa shape index (κ1) is 12.0. The Morgan fingerprint density at radius 3 is 2.00 bits per heavy atom. The summed E-state index contributed by atoms with van der Waals surface area (Å²) >= 11 is 0. The average Bonchev–Trinajstić information content (AvgIpc) is 1.85. The van der Waals surface area contributed by atoms with Crippen molar-refractivity contribution < 1.29 is 5.11 Å². The lowest BCUT2D eigenvalue weighted by atomic mass is 9.86. The van der Waals surface area contributed by atoms with Crippen LogP contribution in [0.15, 0.2) is 0 Å². The van der Waals surface area contributed by atoms with E-state index in [2.05, 4.69) is 27.7 Å². The molecule has 0 aliphatic carbocycles. The summed E-state index contributed by atoms with van der Waals surface area (Å²) in [5.41, 5.74) is -0.463. The summed E-state index contributed by atoms with van der Waals surface area (Å²) in [5, 5.41) is 9.90. The van der Waals surface area contributed by atoms with Gasteiger partial charge in [-0.05, 0) is 25.2 Å². The zero-order valence-electron chi connectivity index (χ0n) is 9.22. The van der Waals surface area contributed by atoms with Crippen molar-refractivity contribution in [2.75, 3.05) is 0 Å². The van der Waals surface area contributed by atoms with Crippen molar-refractivity contribution in [1.82, 2.24) is 0 Å². The van der Waals surface area contributed by atoms with E-state index in [1.165, 1.54) is 6.42 Å². The SMILES string of the molecule is CC(C)CCC[C@@](C)(O)C(C)C. The minimum Gasteiger partial charge on any atom is -0.390 e. The molecule has 0 bridgehead atoms. The van der Waals surface area contributed by atoms with Crippen molar-refractivity contribution >= 4 is 0 Å². The van der Waals surface area contributed by atoms with Gasteiger partial charge in [0.05, 0.1) is 5.60 Å². The van der Waals surface area contributed by atoms with Crippen LogP contribution >= 0.6 is 0 Å². The summed E-state index contributed by atoms with van der Waals surface area (Å²) < 4.78 is 0. The second-order valence-corrected chi connectivity index (χ2v) is 4.80. The third-order valence-corrected chi connectivity index (χ3v) is 2.71. The molecule has 0 spiro atoms. The molecule has 0 fully saturated rings. The molecule has 0 saturated carbocycles. The van der Waals surface area contributed by atoms with Gasteiger partial charge in [0.2, 0.25) is 0 Å². The second-order valence-electron chi connectivity index (χ2n) is 4.80. The molecule has 1 nitrogen and oxygen atoms in total. The Labute approximate surface area is 77.2 Å². The van der Waals surface area contributed by atoms with Gasteiger partial charge in [0.15, 0.2) is 0 Å². The van der Waals surface area contributed by atoms with Gasteiger partial charge in [-0.25, -0.2) is 0 Å². The highest BCUT2D eigenvalue weighted by atomic mass is 16.3. The van der Waals surface area contributed by atoms with Gasteiger partial charge >= 0.3 is 0 Å². The third kappa shape index (κ3) is 4.76. The first-order chi connectivity index (χ1) is 5.36. The molecule has 0 saturated heterocycles. The Kier molecular flexibility index (Phi) is 4.84. The van der Waals surface area contributed by atoms with Gasteiger partial charge in [-0.1, -0.05) is 40.5 Å². The zero-order chi connectivity index (χ0) is 9.78. The fourth-order valence-electron chi connectivity index (χ4n) is 1.16. The van der Waals surface area contributed by atoms with Gasteiger partial charge in [0, 0.05) is 0 Å². The van der Waals surface area contributed by atoms with Crippen LogP contribution in [0, 0.1) is 11.8 Å². The highest BCUT2D eigenvalue weighted by Gasteiger charge is 2.23. The van der Waals surface area contributed by atoms with Crippen molar-refractivity contribution in [2.45, 2.75) is 59.5 Å². The molecule has 0 aromatic rings. The highest BCUT2D eigenvalue weighted by Crippen LogP contribution is 2.23. The Hall–Kier alpha value is -0.0400. The molecule has 0 heterocycles. The molecule has 0 aromatic carbocycles. The smallest absolute Gasteiger partial charge is 0.0642 e. The van der Waals surface area contributed by atoms with E-state index in [9.17, 15) is 5.11 Å². The highest BCUT2D eigenvalue weighted by molar-refractivity contribution is 4.75. The molecule has 0 amide bonds. The molecular formula is C11H24O. The number of hydrogen-bond acceptors (Lipinski definition) is 1. The van der Waals surface area contributed by atoms with Gasteiger partial charge in [-0.15, -0.1) is 0 Å². The van der Waals surface area contributed by atoms with Gasteiger partial charge < -0.3 is 5.11 Å². The van der Waals surface area contributed by atoms with E-state index in [0.29, 0.717) is 5.92 Å². The summed E-state index contributed by atoms with van der Waals surface area (Å²) in [6, 6.07) is 0. The van der Waals surface area contributed by atoms with Crippen LogP contribution in [0.3, 0.4) is 0 Å². The summed E-state index contributed by atoms with van der Waals surface area (Å²) in [6.07, 6.45) is 3.30. The van der Waals surface area contributed by atoms with E-state index in [-0.39, 0.29) is 0 Å². The molecule has 12 heavy (non-hydrogen) atoms. The fraction of sp³-hybridized carbons (Fsp3) is 1.00. The topological polar surface area (TPSA) is 20.2 Å². The molecule has 1 N–H and O–H groups in total. The molecule has 0 aromatic heterocycles. The molecule has 0 aliphatic rings. The van der Waals surface area contributed by atoms with Crippen LogP contribution in [0.4, 0.5) is 0 Å². The first-order valence-electron chi connectivity index (χ1n) is 5.08. The lowest BCUT2D eigenvalue weighted by Crippen LogP contribution is -2.30. The maximum atomic E-state index is 9.90. The van der Waals surface area contributed by atoms with E-state index in [0.717, 1.165) is 18.8 Å². The quantitative estimate of drug-likeness (QED) is 0.675. The standard InChI is InChI=1S/C11H24O/c1-9(2)7-6-8-11(5,12)10(3)4/h9-10,12H,6-8H2,1-5H3/t11-/m1/s1. The van der Waals surface area contributed by atoms with E-state index < -0.39 is 5.60 Å². The van der Waals surface area contributed by atoms with E-state index in [4.69, 9.17) is 0 Å². The summed E-state index contributed by atoms with van der Waals surface area (Å²) in [6.45, 7) is 10.6. The molecule has 0 aliphatic heterocycles. The summed E-state index contributed by atoms with van der Waals surface area (Å²) in [7, 11) is 0. The third-order valence-electron chi connectivity index (χ3n) is 2.71. The zero-order valence-corrected chi connectivity index (χ0v) is 9.22. The first-order valence-corrected chi connectivity index (χ1v) is 5.08. The van der Waals surface area contributed by atoms with Crippen LogP contribution in [0.5, 0.6) is 0 Å². The van der Waals surface area contributed by atoms with Crippen LogP contribution in [0.25, 0.3) is 0 Å². The van der Waals surface area contributed by atoms with Gasteiger partial charge in [0.1, 0.15) is 0 Å². The Morgan fingerprint density at radius 2 is 1.67 bits per heavy atom. The van der Waals surface area contributed by atoms with E-state index in [1.807, 2.05) is 6.92 Å². The predicted molar refractivity (Wildman–Crippen MR) is 54.2 cm³/mol. The maximum absolute atomic E-state index is 9.90. The van der Waals surface area contributed by atoms with Gasteiger partial charge in [-0.2, -0.15) is 0 Å². The minimum atomic E-state index is -0.463. The van der Waals surface area contributed by atoms with Crippen molar-refractivity contribution in [3.63, 3.8) is 0 Å². The minimum absolute atomic E-state index is 0.365. The monoisotopic (exact) mass is 172 g/mol. The largest absolute Gasteiger partial charge is 0.390 e. The van der Waals surface area contributed by atoms with Crippen molar-refractivity contribution in [1.29, 1.82) is 0 Å². The Balaban J connectivity index is 3.61. The Bertz CT molecular complexity index is 114. The number of hydrogen-bond donors (Lipinski definition) is 1. The van der Waals surface area contributed by atoms with Crippen LogP contribution in [-0.4, -0.2) is 10.7 Å². The van der Waals surface area contributed by atoms with Crippen molar-refractivity contribution in [3.05, 3.63) is 0 Å². The molecule has 74 valence electrons. The van der Waals surface area contributed by atoms with Crippen molar-refractivity contribution in [3.8, 4) is 0 Å². The predicted octanol–water partition coefficient (Wildman–Crippen LogP) is 3.22. The molecule has 0 radical (unpaired) electrons. The second kappa shape index (κ2) is 4.86. The van der Waals surface area contributed by atoms with E-state index in [1.54, 1.807) is 0 Å². The van der Waals surface area contributed by atoms with Crippen LogP contribution in [-0.2, 0) is 0 Å². The average molecular weight is 172 g/mol. The lowest BCUT2D eigenvalue weighted by molar-refractivity contribution is 0.00255. The van der Waals surface area contributed by atoms with Crippen LogP contribution in [0.1, 0.15) is 53.9 Å². The lowest BCUT2D eigenvalue weighted by Gasteiger charge is -2.27. The van der Waals surface area contributed by atoms with Crippen LogP contribution < -0.4 is 0 Å². The normalized spacial score (nSPS) is 17.0. The number of rotatable bonds is 5. The summed E-state index contributed by atoms with van der Waals surface area (Å²) in [5.74, 6) is 1.12.